The first-order chi connectivity index (χ1) is 16.0. The number of rotatable bonds is 7. The lowest BCUT2D eigenvalue weighted by Gasteiger charge is -2.36. The summed E-state index contributed by atoms with van der Waals surface area (Å²) < 4.78 is 11.5. The first kappa shape index (κ1) is 21.9. The van der Waals surface area contributed by atoms with Gasteiger partial charge in [0.25, 0.3) is 5.88 Å². The predicted molar refractivity (Wildman–Crippen MR) is 124 cm³/mol. The maximum absolute atomic E-state index is 13.6. The molecule has 0 spiro atoms. The van der Waals surface area contributed by atoms with Gasteiger partial charge < -0.3 is 9.26 Å². The van der Waals surface area contributed by atoms with Crippen molar-refractivity contribution in [1.29, 1.82) is 0 Å². The largest absolute Gasteiger partial charge is 0.470 e. The van der Waals surface area contributed by atoms with Crippen LogP contribution in [0.2, 0.25) is 0 Å². The molecule has 172 valence electrons. The summed E-state index contributed by atoms with van der Waals surface area (Å²) in [5.41, 5.74) is 1.33. The van der Waals surface area contributed by atoms with Crippen LogP contribution in [0.3, 0.4) is 0 Å². The van der Waals surface area contributed by atoms with Crippen molar-refractivity contribution in [2.75, 3.05) is 0 Å². The van der Waals surface area contributed by atoms with Crippen LogP contribution in [0.4, 0.5) is 0 Å². The minimum Gasteiger partial charge on any atom is -0.470 e. The van der Waals surface area contributed by atoms with E-state index in [-0.39, 0.29) is 35.9 Å². The number of ketones is 2. The maximum atomic E-state index is 13.6. The van der Waals surface area contributed by atoms with Crippen molar-refractivity contribution in [2.24, 2.45) is 35.5 Å². The van der Waals surface area contributed by atoms with Crippen molar-refractivity contribution >= 4 is 11.6 Å². The lowest BCUT2D eigenvalue weighted by molar-refractivity contribution is -0.121. The molecule has 2 fully saturated rings. The van der Waals surface area contributed by atoms with Gasteiger partial charge >= 0.3 is 0 Å². The van der Waals surface area contributed by atoms with Crippen molar-refractivity contribution < 1.29 is 18.8 Å². The lowest BCUT2D eigenvalue weighted by Crippen LogP contribution is -2.39. The Morgan fingerprint density at radius 3 is 2.76 bits per heavy atom. The fraction of sp³-hybridized carbons (Fsp3) is 0.536. The molecule has 3 aliphatic rings. The number of benzene rings is 1. The number of Topliss-reactive ketones (excluding diaryl/α,β-unsaturated/α-hetero) is 2. The van der Waals surface area contributed by atoms with Gasteiger partial charge in [0.15, 0.2) is 11.5 Å². The molecule has 0 radical (unpaired) electrons. The van der Waals surface area contributed by atoms with Crippen molar-refractivity contribution in [3.63, 3.8) is 0 Å². The minimum atomic E-state index is -0.670. The highest BCUT2D eigenvalue weighted by Crippen LogP contribution is 2.57. The molecule has 2 bridgehead atoms. The zero-order chi connectivity index (χ0) is 23.1. The second-order valence-corrected chi connectivity index (χ2v) is 10.2. The van der Waals surface area contributed by atoms with E-state index in [1.165, 1.54) is 19.8 Å². The number of nitrogens with zero attached hydrogens (tertiary/aromatic N) is 1. The molecule has 0 aliphatic heterocycles. The highest BCUT2D eigenvalue weighted by Gasteiger charge is 2.52. The molecule has 2 saturated carbocycles. The van der Waals surface area contributed by atoms with Crippen molar-refractivity contribution in [3.05, 3.63) is 47.2 Å². The summed E-state index contributed by atoms with van der Waals surface area (Å²) in [6.45, 7) is 3.88. The third kappa shape index (κ3) is 3.80. The summed E-state index contributed by atoms with van der Waals surface area (Å²) in [5.74, 6) is 4.96. The second-order valence-electron chi connectivity index (χ2n) is 10.2. The smallest absolute Gasteiger partial charge is 0.265 e. The SMILES string of the molecule is C#CCC1C2CCC1C(CC1C(C(C)=O)C(=O)c3c(OCc4ccccc4)noc3C1C)C2. The van der Waals surface area contributed by atoms with Gasteiger partial charge in [0.2, 0.25) is 0 Å². The van der Waals surface area contributed by atoms with Gasteiger partial charge in [-0.3, -0.25) is 9.59 Å². The number of hydrogen-bond acceptors (Lipinski definition) is 5. The Labute approximate surface area is 195 Å². The molecule has 5 nitrogen and oxygen atoms in total. The molecule has 33 heavy (non-hydrogen) atoms. The first-order valence-corrected chi connectivity index (χ1v) is 12.1. The Kier molecular flexibility index (Phi) is 5.86. The van der Waals surface area contributed by atoms with E-state index in [9.17, 15) is 9.59 Å². The van der Waals surface area contributed by atoms with E-state index in [1.54, 1.807) is 0 Å². The topological polar surface area (TPSA) is 69.4 Å². The number of carbonyl (C=O) groups excluding carboxylic acids is 2. The molecule has 0 saturated heterocycles. The van der Waals surface area contributed by atoms with Gasteiger partial charge in [0.1, 0.15) is 18.0 Å². The van der Waals surface area contributed by atoms with Gasteiger partial charge in [-0.1, -0.05) is 37.3 Å². The normalized spacial score (nSPS) is 32.4. The van der Waals surface area contributed by atoms with Crippen LogP contribution in [-0.2, 0) is 11.4 Å². The zero-order valence-electron chi connectivity index (χ0n) is 19.3. The average Bonchev–Trinajstić information content (AvgIpc) is 3.50. The van der Waals surface area contributed by atoms with Crippen LogP contribution in [0.25, 0.3) is 0 Å². The molecule has 0 N–H and O–H groups in total. The highest BCUT2D eigenvalue weighted by molar-refractivity contribution is 6.13. The predicted octanol–water partition coefficient (Wildman–Crippen LogP) is 5.45. The average molecular weight is 446 g/mol. The number of fused-ring (bicyclic) bond motifs is 3. The van der Waals surface area contributed by atoms with E-state index in [1.807, 2.05) is 30.3 Å². The fourth-order valence-electron chi connectivity index (χ4n) is 7.01. The van der Waals surface area contributed by atoms with Gasteiger partial charge in [0, 0.05) is 12.3 Å². The molecular formula is C28H31NO4. The van der Waals surface area contributed by atoms with Crippen molar-refractivity contribution in [2.45, 2.75) is 58.5 Å². The third-order valence-electron chi connectivity index (χ3n) is 8.52. The molecule has 1 heterocycles. The highest BCUT2D eigenvalue weighted by atomic mass is 16.5. The van der Waals surface area contributed by atoms with E-state index >= 15 is 0 Å². The maximum Gasteiger partial charge on any atom is 0.265 e. The molecule has 3 aliphatic carbocycles. The van der Waals surface area contributed by atoms with Crippen LogP contribution in [0.15, 0.2) is 34.9 Å². The summed E-state index contributed by atoms with van der Waals surface area (Å²) >= 11 is 0. The number of terminal acetylenes is 1. The van der Waals surface area contributed by atoms with E-state index in [0.717, 1.165) is 24.8 Å². The van der Waals surface area contributed by atoms with Gasteiger partial charge in [-0.15, -0.1) is 12.3 Å². The summed E-state index contributed by atoms with van der Waals surface area (Å²) in [7, 11) is 0. The Morgan fingerprint density at radius 1 is 1.24 bits per heavy atom. The van der Waals surface area contributed by atoms with Gasteiger partial charge in [-0.2, -0.15) is 0 Å². The Bertz CT molecular complexity index is 1080. The molecule has 2 aromatic rings. The van der Waals surface area contributed by atoms with Crippen molar-refractivity contribution in [3.8, 4) is 18.2 Å². The number of ether oxygens (including phenoxy) is 1. The lowest BCUT2D eigenvalue weighted by atomic mass is 9.65. The van der Waals surface area contributed by atoms with E-state index in [2.05, 4.69) is 18.0 Å². The molecule has 7 atom stereocenters. The monoisotopic (exact) mass is 445 g/mol. The van der Waals surface area contributed by atoms with E-state index < -0.39 is 5.92 Å². The zero-order valence-corrected chi connectivity index (χ0v) is 19.3. The van der Waals surface area contributed by atoms with E-state index in [4.69, 9.17) is 15.7 Å². The molecule has 1 aromatic carbocycles. The molecule has 1 aromatic heterocycles. The first-order valence-electron chi connectivity index (χ1n) is 12.1. The molecular weight excluding hydrogens is 414 g/mol. The number of aromatic nitrogens is 1. The standard InChI is InChI=1S/C28H31NO4/c1-4-8-21-19-11-12-22(21)20(13-19)14-23-16(2)27-25(26(31)24(23)17(3)30)28(29-33-27)32-15-18-9-6-5-7-10-18/h1,5-7,9-10,16,19-24H,8,11-15H2,2-3H3. The van der Waals surface area contributed by atoms with Crippen LogP contribution in [-0.4, -0.2) is 16.7 Å². The minimum absolute atomic E-state index is 0.0709. The van der Waals surface area contributed by atoms with Crippen LogP contribution >= 0.6 is 0 Å². The third-order valence-corrected chi connectivity index (χ3v) is 8.52. The Hall–Kier alpha value is -2.87. The van der Waals surface area contributed by atoms with Crippen molar-refractivity contribution in [1.82, 2.24) is 5.16 Å². The van der Waals surface area contributed by atoms with Crippen LogP contribution in [0.5, 0.6) is 5.88 Å². The van der Waals surface area contributed by atoms with Gasteiger partial charge in [-0.25, -0.2) is 0 Å². The van der Waals surface area contributed by atoms with Gasteiger partial charge in [0.05, 0.1) is 5.92 Å². The quantitative estimate of drug-likeness (QED) is 0.419. The Morgan fingerprint density at radius 2 is 2.03 bits per heavy atom. The van der Waals surface area contributed by atoms with Crippen LogP contribution < -0.4 is 4.74 Å². The second kappa shape index (κ2) is 8.82. The summed E-state index contributed by atoms with van der Waals surface area (Å²) in [5, 5.41) is 4.10. The summed E-state index contributed by atoms with van der Waals surface area (Å²) in [6.07, 6.45) is 11.0. The molecule has 5 rings (SSSR count). The molecule has 0 amide bonds. The fourth-order valence-corrected chi connectivity index (χ4v) is 7.01. The number of hydrogen-bond donors (Lipinski definition) is 0. The Balaban J connectivity index is 1.38. The molecule has 7 unspecified atom stereocenters. The number of carbonyl (C=O) groups is 2. The summed E-state index contributed by atoms with van der Waals surface area (Å²) in [6, 6.07) is 9.71. The van der Waals surface area contributed by atoms with Gasteiger partial charge in [-0.05, 0) is 72.9 Å². The summed E-state index contributed by atoms with van der Waals surface area (Å²) in [4.78, 5) is 26.3. The van der Waals surface area contributed by atoms with Crippen LogP contribution in [0.1, 0.15) is 73.6 Å². The van der Waals surface area contributed by atoms with E-state index in [0.29, 0.717) is 35.0 Å². The van der Waals surface area contributed by atoms with Crippen LogP contribution in [0, 0.1) is 47.9 Å². The molecule has 5 heteroatoms.